The van der Waals surface area contributed by atoms with Gasteiger partial charge in [0.25, 0.3) is 0 Å². The number of ether oxygens (including phenoxy) is 1. The summed E-state index contributed by atoms with van der Waals surface area (Å²) in [5, 5.41) is 7.16. The van der Waals surface area contributed by atoms with Gasteiger partial charge in [-0.25, -0.2) is 0 Å². The van der Waals surface area contributed by atoms with Crippen LogP contribution in [0.2, 0.25) is 0 Å². The highest BCUT2D eigenvalue weighted by Gasteiger charge is 2.26. The van der Waals surface area contributed by atoms with E-state index in [-0.39, 0.29) is 5.54 Å². The van der Waals surface area contributed by atoms with Crippen molar-refractivity contribution < 1.29 is 4.74 Å². The van der Waals surface area contributed by atoms with Crippen molar-refractivity contribution in [2.45, 2.75) is 44.8 Å². The molecule has 0 aromatic heterocycles. The first-order valence-corrected chi connectivity index (χ1v) is 7.39. The molecule has 19 heavy (non-hydrogen) atoms. The molecule has 2 aliphatic heterocycles. The van der Waals surface area contributed by atoms with Crippen LogP contribution in [0.15, 0.2) is 18.2 Å². The molecule has 3 rings (SSSR count). The predicted octanol–water partition coefficient (Wildman–Crippen LogP) is 1.99. The van der Waals surface area contributed by atoms with Crippen LogP contribution in [-0.4, -0.2) is 25.3 Å². The first-order valence-electron chi connectivity index (χ1n) is 7.39. The molecule has 0 atom stereocenters. The first-order chi connectivity index (χ1) is 9.25. The van der Waals surface area contributed by atoms with E-state index in [1.807, 2.05) is 0 Å². The molecule has 3 nitrogen and oxygen atoms in total. The number of hydrogen-bond donors (Lipinski definition) is 2. The van der Waals surface area contributed by atoms with Gasteiger partial charge in [0.2, 0.25) is 0 Å². The molecule has 2 aliphatic rings. The molecule has 0 saturated carbocycles. The van der Waals surface area contributed by atoms with Crippen LogP contribution >= 0.6 is 0 Å². The van der Waals surface area contributed by atoms with Gasteiger partial charge in [-0.2, -0.15) is 0 Å². The van der Waals surface area contributed by atoms with Crippen molar-refractivity contribution in [1.29, 1.82) is 0 Å². The Bertz CT molecular complexity index is 438. The summed E-state index contributed by atoms with van der Waals surface area (Å²) >= 11 is 0. The molecule has 0 spiro atoms. The van der Waals surface area contributed by atoms with Crippen molar-refractivity contribution in [3.8, 4) is 0 Å². The van der Waals surface area contributed by atoms with Gasteiger partial charge in [-0.1, -0.05) is 18.2 Å². The minimum Gasteiger partial charge on any atom is -0.381 e. The topological polar surface area (TPSA) is 33.3 Å². The SMILES string of the molecule is CC1(NCc2ccc3c(c2)CNCC3)CCOCC1. The largest absolute Gasteiger partial charge is 0.381 e. The predicted molar refractivity (Wildman–Crippen MR) is 77.2 cm³/mol. The van der Waals surface area contributed by atoms with Crippen molar-refractivity contribution in [2.75, 3.05) is 19.8 Å². The van der Waals surface area contributed by atoms with E-state index in [0.717, 1.165) is 52.1 Å². The van der Waals surface area contributed by atoms with E-state index in [2.05, 4.69) is 35.8 Å². The summed E-state index contributed by atoms with van der Waals surface area (Å²) in [6.45, 7) is 7.19. The summed E-state index contributed by atoms with van der Waals surface area (Å²) in [4.78, 5) is 0. The Morgan fingerprint density at radius 1 is 1.26 bits per heavy atom. The van der Waals surface area contributed by atoms with E-state index in [4.69, 9.17) is 4.74 Å². The maximum absolute atomic E-state index is 5.44. The number of nitrogens with one attached hydrogen (secondary N) is 2. The second-order valence-electron chi connectivity index (χ2n) is 6.06. The summed E-state index contributed by atoms with van der Waals surface area (Å²) in [5.74, 6) is 0. The molecule has 1 fully saturated rings. The van der Waals surface area contributed by atoms with Crippen LogP contribution < -0.4 is 10.6 Å². The monoisotopic (exact) mass is 260 g/mol. The van der Waals surface area contributed by atoms with E-state index >= 15 is 0 Å². The molecule has 0 unspecified atom stereocenters. The lowest BCUT2D eigenvalue weighted by Crippen LogP contribution is -2.46. The van der Waals surface area contributed by atoms with E-state index < -0.39 is 0 Å². The average Bonchev–Trinajstić information content (AvgIpc) is 2.46. The summed E-state index contributed by atoms with van der Waals surface area (Å²) in [6, 6.07) is 6.94. The second-order valence-corrected chi connectivity index (χ2v) is 6.06. The van der Waals surface area contributed by atoms with Gasteiger partial charge >= 0.3 is 0 Å². The highest BCUT2D eigenvalue weighted by atomic mass is 16.5. The molecule has 0 bridgehead atoms. The Morgan fingerprint density at radius 2 is 2.11 bits per heavy atom. The van der Waals surface area contributed by atoms with Gasteiger partial charge in [0.1, 0.15) is 0 Å². The van der Waals surface area contributed by atoms with Crippen LogP contribution in [0, 0.1) is 0 Å². The molecule has 1 saturated heterocycles. The fraction of sp³-hybridized carbons (Fsp3) is 0.625. The van der Waals surface area contributed by atoms with Gasteiger partial charge in [-0.05, 0) is 49.4 Å². The maximum atomic E-state index is 5.44. The normalized spacial score (nSPS) is 21.9. The minimum atomic E-state index is 0.242. The molecular formula is C16H24N2O. The van der Waals surface area contributed by atoms with E-state index in [9.17, 15) is 0 Å². The van der Waals surface area contributed by atoms with Gasteiger partial charge in [0.05, 0.1) is 0 Å². The lowest BCUT2D eigenvalue weighted by molar-refractivity contribution is 0.0446. The molecule has 104 valence electrons. The number of hydrogen-bond acceptors (Lipinski definition) is 3. The third kappa shape index (κ3) is 3.16. The molecule has 3 heteroatoms. The lowest BCUT2D eigenvalue weighted by Gasteiger charge is -2.34. The fourth-order valence-electron chi connectivity index (χ4n) is 2.96. The zero-order valence-electron chi connectivity index (χ0n) is 11.8. The van der Waals surface area contributed by atoms with Crippen LogP contribution in [0.5, 0.6) is 0 Å². The van der Waals surface area contributed by atoms with Crippen LogP contribution in [0.25, 0.3) is 0 Å². The summed E-state index contributed by atoms with van der Waals surface area (Å²) < 4.78 is 5.44. The Labute approximate surface area is 115 Å². The quantitative estimate of drug-likeness (QED) is 0.872. The molecule has 2 heterocycles. The molecule has 2 N–H and O–H groups in total. The smallest absolute Gasteiger partial charge is 0.0483 e. The Morgan fingerprint density at radius 3 is 2.95 bits per heavy atom. The van der Waals surface area contributed by atoms with Gasteiger partial charge in [0.15, 0.2) is 0 Å². The van der Waals surface area contributed by atoms with E-state index in [0.29, 0.717) is 0 Å². The number of benzene rings is 1. The average molecular weight is 260 g/mol. The van der Waals surface area contributed by atoms with Crippen LogP contribution in [0.1, 0.15) is 36.5 Å². The van der Waals surface area contributed by atoms with Crippen molar-refractivity contribution in [3.05, 3.63) is 34.9 Å². The van der Waals surface area contributed by atoms with E-state index in [1.165, 1.54) is 16.7 Å². The molecule has 1 aromatic carbocycles. The standard InChI is InChI=1S/C16H24N2O/c1-16(5-8-19-9-6-16)18-11-13-2-3-14-4-7-17-12-15(14)10-13/h2-3,10,17-18H,4-9,11-12H2,1H3. The summed E-state index contributed by atoms with van der Waals surface area (Å²) in [7, 11) is 0. The van der Waals surface area contributed by atoms with Crippen molar-refractivity contribution in [2.24, 2.45) is 0 Å². The van der Waals surface area contributed by atoms with E-state index in [1.54, 1.807) is 0 Å². The number of rotatable bonds is 3. The van der Waals surface area contributed by atoms with Gasteiger partial charge < -0.3 is 15.4 Å². The highest BCUT2D eigenvalue weighted by Crippen LogP contribution is 2.21. The third-order valence-electron chi connectivity index (χ3n) is 4.47. The molecule has 0 aliphatic carbocycles. The zero-order valence-corrected chi connectivity index (χ0v) is 11.8. The number of fused-ring (bicyclic) bond motifs is 1. The van der Waals surface area contributed by atoms with Crippen molar-refractivity contribution in [1.82, 2.24) is 10.6 Å². The zero-order chi connectivity index (χ0) is 13.1. The summed E-state index contributed by atoms with van der Waals surface area (Å²) in [6.07, 6.45) is 3.39. The van der Waals surface area contributed by atoms with Crippen LogP contribution in [-0.2, 0) is 24.2 Å². The maximum Gasteiger partial charge on any atom is 0.0483 e. The summed E-state index contributed by atoms with van der Waals surface area (Å²) in [5.41, 5.74) is 4.63. The van der Waals surface area contributed by atoms with Crippen LogP contribution in [0.4, 0.5) is 0 Å². The lowest BCUT2D eigenvalue weighted by atomic mass is 9.92. The fourth-order valence-corrected chi connectivity index (χ4v) is 2.96. The Hall–Kier alpha value is -0.900. The van der Waals surface area contributed by atoms with Gasteiger partial charge in [-0.3, -0.25) is 0 Å². The van der Waals surface area contributed by atoms with Crippen molar-refractivity contribution in [3.63, 3.8) is 0 Å². The molecule has 1 aromatic rings. The third-order valence-corrected chi connectivity index (χ3v) is 4.47. The molecule has 0 radical (unpaired) electrons. The Kier molecular flexibility index (Phi) is 3.87. The molecule has 0 amide bonds. The minimum absolute atomic E-state index is 0.242. The molecular weight excluding hydrogens is 236 g/mol. The van der Waals surface area contributed by atoms with Gasteiger partial charge in [-0.15, -0.1) is 0 Å². The van der Waals surface area contributed by atoms with Crippen molar-refractivity contribution >= 4 is 0 Å². The second kappa shape index (κ2) is 5.61. The van der Waals surface area contributed by atoms with Gasteiger partial charge in [0, 0.05) is 31.8 Å². The highest BCUT2D eigenvalue weighted by molar-refractivity contribution is 5.33. The first kappa shape index (κ1) is 13.1. The van der Waals surface area contributed by atoms with Crippen LogP contribution in [0.3, 0.4) is 0 Å². The Balaban J connectivity index is 1.63.